The lowest BCUT2D eigenvalue weighted by Crippen LogP contribution is -2.42. The molecule has 0 aliphatic carbocycles. The zero-order valence-electron chi connectivity index (χ0n) is 25.4. The van der Waals surface area contributed by atoms with Crippen molar-refractivity contribution in [1.82, 2.24) is 29.7 Å². The number of rotatable bonds is 10. The summed E-state index contributed by atoms with van der Waals surface area (Å²) in [5.74, 6) is 0.187. The molecule has 2 aliphatic rings. The Bertz CT molecular complexity index is 1690. The molecule has 2 amide bonds. The Hall–Kier alpha value is -4.48. The third kappa shape index (κ3) is 6.94. The van der Waals surface area contributed by atoms with Gasteiger partial charge >= 0.3 is 0 Å². The molecular formula is C33H38ClN9O2. The monoisotopic (exact) mass is 627 g/mol. The molecule has 3 aromatic heterocycles. The maximum absolute atomic E-state index is 13.6. The third-order valence-electron chi connectivity index (χ3n) is 8.62. The van der Waals surface area contributed by atoms with Gasteiger partial charge in [-0.25, -0.2) is 15.0 Å². The number of likely N-dealkylation sites (tertiary alicyclic amines) is 2. The lowest BCUT2D eigenvalue weighted by atomic mass is 10.0. The molecule has 0 unspecified atom stereocenters. The minimum atomic E-state index is -0.284. The largest absolute Gasteiger partial charge is 0.372 e. The summed E-state index contributed by atoms with van der Waals surface area (Å²) in [6.45, 7) is 8.72. The fraction of sp³-hybridized carbons (Fsp3) is 0.364. The first-order chi connectivity index (χ1) is 21.9. The van der Waals surface area contributed by atoms with Gasteiger partial charge in [0.1, 0.15) is 5.65 Å². The summed E-state index contributed by atoms with van der Waals surface area (Å²) in [7, 11) is 2.00. The molecule has 2 aliphatic heterocycles. The van der Waals surface area contributed by atoms with E-state index in [0.29, 0.717) is 41.0 Å². The number of nitrogens with one attached hydrogen (secondary N) is 3. The van der Waals surface area contributed by atoms with E-state index in [1.807, 2.05) is 42.4 Å². The van der Waals surface area contributed by atoms with Gasteiger partial charge in [0.25, 0.3) is 5.91 Å². The molecule has 0 bridgehead atoms. The average Bonchev–Trinajstić information content (AvgIpc) is 3.75. The highest BCUT2D eigenvalue weighted by atomic mass is 35.5. The fourth-order valence-electron chi connectivity index (χ4n) is 6.06. The number of fused-ring (bicyclic) bond motifs is 1. The number of likely N-dealkylation sites (N-methyl/N-ethyl adjacent to an activating group) is 1. The van der Waals surface area contributed by atoms with Crippen molar-refractivity contribution in [2.45, 2.75) is 31.7 Å². The highest BCUT2D eigenvalue weighted by Gasteiger charge is 2.26. The van der Waals surface area contributed by atoms with E-state index < -0.39 is 0 Å². The number of H-pyrrole nitrogens is 1. The van der Waals surface area contributed by atoms with Gasteiger partial charge in [-0.1, -0.05) is 18.2 Å². The van der Waals surface area contributed by atoms with Gasteiger partial charge < -0.3 is 30.3 Å². The molecule has 11 nitrogen and oxygen atoms in total. The van der Waals surface area contributed by atoms with E-state index in [4.69, 9.17) is 16.6 Å². The minimum Gasteiger partial charge on any atom is -0.372 e. The molecule has 45 heavy (non-hydrogen) atoms. The van der Waals surface area contributed by atoms with Gasteiger partial charge in [0.2, 0.25) is 11.9 Å². The molecule has 0 atom stereocenters. The van der Waals surface area contributed by atoms with Gasteiger partial charge in [-0.2, -0.15) is 0 Å². The maximum Gasteiger partial charge on any atom is 0.253 e. The Labute approximate surface area is 267 Å². The van der Waals surface area contributed by atoms with Crippen molar-refractivity contribution in [2.75, 3.05) is 61.8 Å². The van der Waals surface area contributed by atoms with Crippen molar-refractivity contribution in [2.24, 2.45) is 0 Å². The summed E-state index contributed by atoms with van der Waals surface area (Å²) in [5, 5.41) is 7.74. The predicted octanol–water partition coefficient (Wildman–Crippen LogP) is 5.05. The van der Waals surface area contributed by atoms with E-state index in [0.717, 1.165) is 61.3 Å². The molecule has 1 aromatic carbocycles. The van der Waals surface area contributed by atoms with Crippen LogP contribution in [0.5, 0.6) is 0 Å². The SMILES string of the molecule is C=CC(=O)Nc1ccc(C(=O)N2CCC(Nc3ncc(Cl)c(-c4c[nH]c5ncccc45)n3)CC2)cc1N(C)CCN1CCCC1. The lowest BCUT2D eigenvalue weighted by molar-refractivity contribution is -0.111. The summed E-state index contributed by atoms with van der Waals surface area (Å²) in [4.78, 5) is 48.9. The molecule has 4 aromatic rings. The molecule has 0 spiro atoms. The first-order valence-corrected chi connectivity index (χ1v) is 15.8. The van der Waals surface area contributed by atoms with Crippen LogP contribution in [0.3, 0.4) is 0 Å². The van der Waals surface area contributed by atoms with Gasteiger partial charge in [-0.15, -0.1) is 0 Å². The van der Waals surface area contributed by atoms with Crippen molar-refractivity contribution in [3.63, 3.8) is 0 Å². The van der Waals surface area contributed by atoms with Crippen LogP contribution >= 0.6 is 11.6 Å². The molecule has 6 rings (SSSR count). The van der Waals surface area contributed by atoms with E-state index in [2.05, 4.69) is 42.0 Å². The summed E-state index contributed by atoms with van der Waals surface area (Å²) in [6, 6.07) is 9.45. The summed E-state index contributed by atoms with van der Waals surface area (Å²) in [6.07, 6.45) is 10.4. The van der Waals surface area contributed by atoms with Crippen LogP contribution in [0, 0.1) is 0 Å². The standard InChI is InChI=1S/C33H38ClN9O2/c1-3-29(44)39-27-9-8-22(19-28(27)41(2)17-18-42-13-4-5-14-42)32(45)43-15-10-23(11-16-43)38-33-37-21-26(34)30(40-33)25-20-36-31-24(25)7-6-12-35-31/h3,6-9,12,19-21,23H,1,4-5,10-11,13-18H2,2H3,(H,35,36)(H,39,44)(H,37,38,40). The molecule has 3 N–H and O–H groups in total. The average molecular weight is 628 g/mol. The number of piperidine rings is 1. The van der Waals surface area contributed by atoms with Crippen LogP contribution in [-0.4, -0.2) is 93.9 Å². The minimum absolute atomic E-state index is 0.0257. The molecule has 0 saturated carbocycles. The van der Waals surface area contributed by atoms with E-state index in [1.165, 1.54) is 18.9 Å². The Morgan fingerprint density at radius 1 is 1.16 bits per heavy atom. The molecule has 5 heterocycles. The predicted molar refractivity (Wildman–Crippen MR) is 179 cm³/mol. The highest BCUT2D eigenvalue weighted by Crippen LogP contribution is 2.32. The smallest absolute Gasteiger partial charge is 0.253 e. The van der Waals surface area contributed by atoms with Crippen molar-refractivity contribution in [3.05, 3.63) is 72.2 Å². The Morgan fingerprint density at radius 2 is 1.96 bits per heavy atom. The van der Waals surface area contributed by atoms with Crippen LogP contribution in [0.4, 0.5) is 17.3 Å². The van der Waals surface area contributed by atoms with Gasteiger partial charge in [0.15, 0.2) is 0 Å². The molecule has 234 valence electrons. The van der Waals surface area contributed by atoms with Crippen molar-refractivity contribution < 1.29 is 9.59 Å². The molecule has 2 fully saturated rings. The second-order valence-electron chi connectivity index (χ2n) is 11.6. The zero-order chi connectivity index (χ0) is 31.3. The number of hydrogen-bond donors (Lipinski definition) is 3. The highest BCUT2D eigenvalue weighted by molar-refractivity contribution is 6.33. The fourth-order valence-corrected chi connectivity index (χ4v) is 6.25. The van der Waals surface area contributed by atoms with E-state index in [1.54, 1.807) is 18.5 Å². The molecular weight excluding hydrogens is 590 g/mol. The Kier molecular flexibility index (Phi) is 9.27. The number of benzene rings is 1. The molecule has 2 saturated heterocycles. The summed E-state index contributed by atoms with van der Waals surface area (Å²) >= 11 is 6.50. The molecule has 0 radical (unpaired) electrons. The van der Waals surface area contributed by atoms with Crippen LogP contribution in [0.1, 0.15) is 36.0 Å². The number of hydrogen-bond acceptors (Lipinski definition) is 8. The zero-order valence-corrected chi connectivity index (χ0v) is 26.2. The summed E-state index contributed by atoms with van der Waals surface area (Å²) in [5.41, 5.74) is 4.34. The number of aromatic nitrogens is 4. The Morgan fingerprint density at radius 3 is 2.73 bits per heavy atom. The number of halogens is 1. The van der Waals surface area contributed by atoms with Crippen LogP contribution in [0.15, 0.2) is 61.6 Å². The first kappa shape index (κ1) is 30.5. The number of amides is 2. The first-order valence-electron chi connectivity index (χ1n) is 15.4. The maximum atomic E-state index is 13.6. The second-order valence-corrected chi connectivity index (χ2v) is 12.0. The number of aromatic amines is 1. The lowest BCUT2D eigenvalue weighted by Gasteiger charge is -2.33. The normalized spacial score (nSPS) is 15.7. The van der Waals surface area contributed by atoms with E-state index >= 15 is 0 Å². The van der Waals surface area contributed by atoms with E-state index in [9.17, 15) is 9.59 Å². The Balaban J connectivity index is 1.11. The van der Waals surface area contributed by atoms with E-state index in [-0.39, 0.29) is 17.9 Å². The topological polar surface area (TPSA) is 122 Å². The van der Waals surface area contributed by atoms with Crippen LogP contribution in [0.2, 0.25) is 5.02 Å². The van der Waals surface area contributed by atoms with Crippen LogP contribution < -0.4 is 15.5 Å². The van der Waals surface area contributed by atoms with Gasteiger partial charge in [-0.05, 0) is 75.2 Å². The third-order valence-corrected chi connectivity index (χ3v) is 8.89. The van der Waals surface area contributed by atoms with Crippen LogP contribution in [0.25, 0.3) is 22.3 Å². The quantitative estimate of drug-likeness (QED) is 0.209. The van der Waals surface area contributed by atoms with Crippen LogP contribution in [-0.2, 0) is 4.79 Å². The number of pyridine rings is 1. The number of carbonyl (C=O) groups is 2. The molecule has 12 heteroatoms. The number of anilines is 3. The van der Waals surface area contributed by atoms with Crippen molar-refractivity contribution in [3.8, 4) is 11.3 Å². The second kappa shape index (κ2) is 13.7. The van der Waals surface area contributed by atoms with Crippen molar-refractivity contribution in [1.29, 1.82) is 0 Å². The van der Waals surface area contributed by atoms with Gasteiger partial charge in [-0.3, -0.25) is 9.59 Å². The van der Waals surface area contributed by atoms with Gasteiger partial charge in [0, 0.05) is 68.2 Å². The number of nitrogens with zero attached hydrogens (tertiary/aromatic N) is 6. The number of carbonyl (C=O) groups excluding carboxylic acids is 2. The summed E-state index contributed by atoms with van der Waals surface area (Å²) < 4.78 is 0. The van der Waals surface area contributed by atoms with Gasteiger partial charge in [0.05, 0.1) is 28.3 Å². The van der Waals surface area contributed by atoms with Crippen molar-refractivity contribution >= 4 is 51.8 Å².